The number of nitrogens with one attached hydrogen (secondary N) is 1. The van der Waals surface area contributed by atoms with E-state index in [0.29, 0.717) is 10.9 Å². The van der Waals surface area contributed by atoms with Crippen LogP contribution in [0.1, 0.15) is 30.3 Å². The molecule has 1 N–H and O–H groups in total. The summed E-state index contributed by atoms with van der Waals surface area (Å²) in [5, 5.41) is 3.44. The normalized spacial score (nSPS) is 15.1. The zero-order valence-corrected chi connectivity index (χ0v) is 13.8. The van der Waals surface area contributed by atoms with Crippen molar-refractivity contribution in [2.75, 3.05) is 6.61 Å². The first-order chi connectivity index (χ1) is 11.4. The van der Waals surface area contributed by atoms with Crippen LogP contribution >= 0.6 is 11.6 Å². The number of ether oxygens (including phenoxy) is 1. The highest BCUT2D eigenvalue weighted by molar-refractivity contribution is 6.31. The van der Waals surface area contributed by atoms with E-state index < -0.39 is 18.0 Å². The Bertz CT molecular complexity index is 856. The Kier molecular flexibility index (Phi) is 4.57. The summed E-state index contributed by atoms with van der Waals surface area (Å²) in [4.78, 5) is 35.7. The molecular formula is C17H16ClNO5. The second-order valence-corrected chi connectivity index (χ2v) is 6.32. The number of carbonyl (C=O) groups is 2. The maximum Gasteiger partial charge on any atom is 0.374 e. The summed E-state index contributed by atoms with van der Waals surface area (Å²) in [5.74, 6) is -0.983. The number of esters is 1. The molecule has 1 aromatic carbocycles. The van der Waals surface area contributed by atoms with E-state index in [9.17, 15) is 14.4 Å². The molecule has 0 radical (unpaired) electrons. The van der Waals surface area contributed by atoms with E-state index >= 15 is 0 Å². The van der Waals surface area contributed by atoms with Gasteiger partial charge in [0.25, 0.3) is 5.91 Å². The second kappa shape index (κ2) is 6.65. The van der Waals surface area contributed by atoms with Crippen LogP contribution in [0.3, 0.4) is 0 Å². The van der Waals surface area contributed by atoms with Crippen LogP contribution in [0, 0.1) is 5.92 Å². The average Bonchev–Trinajstić information content (AvgIpc) is 3.38. The van der Waals surface area contributed by atoms with E-state index in [1.165, 1.54) is 12.1 Å². The number of hydrogen-bond donors (Lipinski definition) is 1. The molecule has 3 rings (SSSR count). The lowest BCUT2D eigenvalue weighted by atomic mass is 10.2. The predicted octanol–water partition coefficient (Wildman–Crippen LogP) is 2.52. The Hall–Kier alpha value is -2.34. The fourth-order valence-electron chi connectivity index (χ4n) is 2.44. The number of benzene rings is 1. The summed E-state index contributed by atoms with van der Waals surface area (Å²) < 4.78 is 10.3. The second-order valence-electron chi connectivity index (χ2n) is 5.89. The Labute approximate surface area is 142 Å². The van der Waals surface area contributed by atoms with Crippen LogP contribution in [-0.2, 0) is 9.53 Å². The first-order valence-corrected chi connectivity index (χ1v) is 8.02. The first-order valence-electron chi connectivity index (χ1n) is 7.64. The molecule has 6 nitrogen and oxygen atoms in total. The molecule has 1 aliphatic rings. The fraction of sp³-hybridized carbons (Fsp3) is 0.353. The number of fused-ring (bicyclic) bond motifs is 1. The highest BCUT2D eigenvalue weighted by atomic mass is 35.5. The molecule has 1 heterocycles. The van der Waals surface area contributed by atoms with Gasteiger partial charge in [0, 0.05) is 17.1 Å². The topological polar surface area (TPSA) is 85.6 Å². The van der Waals surface area contributed by atoms with Crippen LogP contribution in [0.4, 0.5) is 0 Å². The van der Waals surface area contributed by atoms with Crippen molar-refractivity contribution >= 4 is 34.4 Å². The van der Waals surface area contributed by atoms with Crippen LogP contribution in [0.15, 0.2) is 33.5 Å². The zero-order chi connectivity index (χ0) is 17.3. The van der Waals surface area contributed by atoms with Gasteiger partial charge < -0.3 is 14.5 Å². The van der Waals surface area contributed by atoms with E-state index in [1.807, 2.05) is 6.92 Å². The third-order valence-corrected chi connectivity index (χ3v) is 4.18. The Morgan fingerprint density at radius 3 is 2.83 bits per heavy atom. The molecule has 126 valence electrons. The van der Waals surface area contributed by atoms with Gasteiger partial charge in [-0.05, 0) is 43.9 Å². The number of carbonyl (C=O) groups excluding carboxylic acids is 2. The van der Waals surface area contributed by atoms with Gasteiger partial charge in [-0.2, -0.15) is 0 Å². The first kappa shape index (κ1) is 16.5. The standard InChI is InChI=1S/C17H16ClNO5/c1-9(10-2-3-10)19-16(21)8-23-17(22)15-7-13(20)12-6-11(18)4-5-14(12)24-15/h4-7,9-10H,2-3,8H2,1H3,(H,19,21)/t9-/m0/s1. The van der Waals surface area contributed by atoms with Gasteiger partial charge in [0.05, 0.1) is 5.39 Å². The molecule has 7 heteroatoms. The molecule has 1 atom stereocenters. The molecule has 0 spiro atoms. The summed E-state index contributed by atoms with van der Waals surface area (Å²) in [6, 6.07) is 5.62. The molecule has 0 bridgehead atoms. The van der Waals surface area contributed by atoms with E-state index in [1.54, 1.807) is 6.07 Å². The number of amides is 1. The lowest BCUT2D eigenvalue weighted by Crippen LogP contribution is -2.37. The summed E-state index contributed by atoms with van der Waals surface area (Å²) in [5.41, 5.74) is -0.178. The predicted molar refractivity (Wildman–Crippen MR) is 88.1 cm³/mol. The van der Waals surface area contributed by atoms with Crippen molar-refractivity contribution in [3.05, 3.63) is 45.3 Å². The third kappa shape index (κ3) is 3.76. The highest BCUT2D eigenvalue weighted by Crippen LogP contribution is 2.32. The van der Waals surface area contributed by atoms with E-state index in [0.717, 1.165) is 18.9 Å². The summed E-state index contributed by atoms with van der Waals surface area (Å²) in [6.45, 7) is 1.50. The fourth-order valence-corrected chi connectivity index (χ4v) is 2.61. The summed E-state index contributed by atoms with van der Waals surface area (Å²) in [6.07, 6.45) is 2.21. The number of halogens is 1. The smallest absolute Gasteiger partial charge is 0.374 e. The molecule has 0 saturated heterocycles. The molecule has 1 aromatic heterocycles. The maximum atomic E-state index is 12.0. The maximum absolute atomic E-state index is 12.0. The van der Waals surface area contributed by atoms with Crippen molar-refractivity contribution in [1.29, 1.82) is 0 Å². The van der Waals surface area contributed by atoms with Crippen molar-refractivity contribution in [2.45, 2.75) is 25.8 Å². The molecule has 1 amide bonds. The number of hydrogen-bond acceptors (Lipinski definition) is 5. The minimum Gasteiger partial charge on any atom is -0.450 e. The van der Waals surface area contributed by atoms with Crippen LogP contribution in [0.5, 0.6) is 0 Å². The average molecular weight is 350 g/mol. The number of rotatable bonds is 5. The van der Waals surface area contributed by atoms with Gasteiger partial charge >= 0.3 is 5.97 Å². The third-order valence-electron chi connectivity index (χ3n) is 3.94. The quantitative estimate of drug-likeness (QED) is 0.838. The Morgan fingerprint density at radius 1 is 1.38 bits per heavy atom. The minimum absolute atomic E-state index is 0.0690. The van der Waals surface area contributed by atoms with Crippen molar-refractivity contribution in [3.63, 3.8) is 0 Å². The van der Waals surface area contributed by atoms with E-state index in [2.05, 4.69) is 5.32 Å². The molecule has 1 fully saturated rings. The summed E-state index contributed by atoms with van der Waals surface area (Å²) in [7, 11) is 0. The van der Waals surface area contributed by atoms with E-state index in [-0.39, 0.29) is 28.7 Å². The Balaban J connectivity index is 1.66. The van der Waals surface area contributed by atoms with E-state index in [4.69, 9.17) is 20.8 Å². The van der Waals surface area contributed by atoms with Gasteiger partial charge in [-0.1, -0.05) is 11.6 Å². The lowest BCUT2D eigenvalue weighted by molar-refractivity contribution is -0.125. The van der Waals surface area contributed by atoms with Crippen molar-refractivity contribution in [1.82, 2.24) is 5.32 Å². The van der Waals surface area contributed by atoms with Gasteiger partial charge in [0.15, 0.2) is 12.0 Å². The molecule has 1 saturated carbocycles. The van der Waals surface area contributed by atoms with Crippen LogP contribution in [0.2, 0.25) is 5.02 Å². The summed E-state index contributed by atoms with van der Waals surface area (Å²) >= 11 is 5.83. The van der Waals surface area contributed by atoms with Gasteiger partial charge in [0.1, 0.15) is 5.58 Å². The van der Waals surface area contributed by atoms with Gasteiger partial charge in [-0.25, -0.2) is 4.79 Å². The minimum atomic E-state index is -0.863. The van der Waals surface area contributed by atoms with Crippen LogP contribution < -0.4 is 10.7 Å². The van der Waals surface area contributed by atoms with Gasteiger partial charge in [-0.15, -0.1) is 0 Å². The lowest BCUT2D eigenvalue weighted by Gasteiger charge is -2.12. The largest absolute Gasteiger partial charge is 0.450 e. The molecule has 24 heavy (non-hydrogen) atoms. The molecular weight excluding hydrogens is 334 g/mol. The van der Waals surface area contributed by atoms with Gasteiger partial charge in [0.2, 0.25) is 5.76 Å². The van der Waals surface area contributed by atoms with Crippen molar-refractivity contribution in [2.24, 2.45) is 5.92 Å². The van der Waals surface area contributed by atoms with Crippen molar-refractivity contribution in [3.8, 4) is 0 Å². The van der Waals surface area contributed by atoms with Crippen LogP contribution in [0.25, 0.3) is 11.0 Å². The molecule has 1 aliphatic carbocycles. The monoisotopic (exact) mass is 349 g/mol. The van der Waals surface area contributed by atoms with Crippen molar-refractivity contribution < 1.29 is 18.7 Å². The van der Waals surface area contributed by atoms with Crippen LogP contribution in [-0.4, -0.2) is 24.5 Å². The molecule has 2 aromatic rings. The van der Waals surface area contributed by atoms with Gasteiger partial charge in [-0.3, -0.25) is 9.59 Å². The molecule has 0 unspecified atom stereocenters. The SMILES string of the molecule is C[C@H](NC(=O)COC(=O)c1cc(=O)c2cc(Cl)ccc2o1)C1CC1. The molecule has 0 aliphatic heterocycles. The Morgan fingerprint density at radius 2 is 2.12 bits per heavy atom. The highest BCUT2D eigenvalue weighted by Gasteiger charge is 2.29. The zero-order valence-electron chi connectivity index (χ0n) is 13.0.